The normalized spacial score (nSPS) is 29.8. The summed E-state index contributed by atoms with van der Waals surface area (Å²) in [6, 6.07) is 9.23. The highest BCUT2D eigenvalue weighted by molar-refractivity contribution is 6.76. The zero-order chi connectivity index (χ0) is 21.5. The van der Waals surface area contributed by atoms with E-state index in [0.29, 0.717) is 11.8 Å². The molecular formula is C26H41N3Si. The standard InChI is InChI=1S/C26H41N3Si/c1-19(2)24-18-25-22(20-10-12-21(13-11-20)28(3)4)8-7-9-23(25)26(24)30(5,6)29-16-14-27-15-17-29/h7-13,19,23-27H,14-18H2,1-6H3. The molecule has 3 aliphatic rings. The first kappa shape index (κ1) is 21.9. The Labute approximate surface area is 185 Å². The SMILES string of the molecule is CC(C)C1CC2C(c3ccc(N(C)C)cc3)=CC=CC2C1[Si](C)(C)N1CCNCC1. The predicted octanol–water partition coefficient (Wildman–Crippen LogP) is 5.09. The van der Waals surface area contributed by atoms with Gasteiger partial charge in [0.25, 0.3) is 0 Å². The van der Waals surface area contributed by atoms with E-state index in [1.54, 1.807) is 5.57 Å². The van der Waals surface area contributed by atoms with Gasteiger partial charge >= 0.3 is 0 Å². The number of hydrogen-bond acceptors (Lipinski definition) is 3. The van der Waals surface area contributed by atoms with Crippen LogP contribution >= 0.6 is 0 Å². The summed E-state index contributed by atoms with van der Waals surface area (Å²) < 4.78 is 2.91. The molecular weight excluding hydrogens is 382 g/mol. The predicted molar refractivity (Wildman–Crippen MR) is 133 cm³/mol. The zero-order valence-electron chi connectivity index (χ0n) is 19.9. The fourth-order valence-corrected chi connectivity index (χ4v) is 11.2. The van der Waals surface area contributed by atoms with Crippen LogP contribution in [0.15, 0.2) is 42.5 Å². The van der Waals surface area contributed by atoms with Gasteiger partial charge in [-0.3, -0.25) is 0 Å². The first-order chi connectivity index (χ1) is 14.3. The highest BCUT2D eigenvalue weighted by Gasteiger charge is 2.54. The first-order valence-electron chi connectivity index (χ1n) is 11.9. The van der Waals surface area contributed by atoms with Gasteiger partial charge in [-0.25, -0.2) is 0 Å². The zero-order valence-corrected chi connectivity index (χ0v) is 20.9. The number of nitrogens with zero attached hydrogens (tertiary/aromatic N) is 2. The molecule has 1 saturated heterocycles. The summed E-state index contributed by atoms with van der Waals surface area (Å²) in [5, 5.41) is 3.56. The minimum Gasteiger partial charge on any atom is -0.378 e. The molecule has 1 N–H and O–H groups in total. The van der Waals surface area contributed by atoms with Gasteiger partial charge in [0.15, 0.2) is 0 Å². The van der Waals surface area contributed by atoms with Crippen molar-refractivity contribution in [2.45, 2.75) is 38.9 Å². The van der Waals surface area contributed by atoms with Crippen LogP contribution in [-0.4, -0.2) is 53.1 Å². The van der Waals surface area contributed by atoms with Gasteiger partial charge in [0, 0.05) is 46.0 Å². The minimum absolute atomic E-state index is 0.673. The Hall–Kier alpha value is -1.36. The number of anilines is 1. The molecule has 1 aromatic carbocycles. The van der Waals surface area contributed by atoms with Crippen LogP contribution in [0.25, 0.3) is 5.57 Å². The van der Waals surface area contributed by atoms with Crippen LogP contribution in [0.5, 0.6) is 0 Å². The van der Waals surface area contributed by atoms with Crippen molar-refractivity contribution < 1.29 is 0 Å². The smallest absolute Gasteiger partial charge is 0.126 e. The topological polar surface area (TPSA) is 18.5 Å². The molecule has 2 fully saturated rings. The van der Waals surface area contributed by atoms with E-state index in [-0.39, 0.29) is 0 Å². The van der Waals surface area contributed by atoms with Crippen LogP contribution in [0.4, 0.5) is 5.69 Å². The van der Waals surface area contributed by atoms with Gasteiger partial charge < -0.3 is 14.8 Å². The molecule has 1 aromatic rings. The quantitative estimate of drug-likeness (QED) is 0.665. The van der Waals surface area contributed by atoms with Gasteiger partial charge in [-0.1, -0.05) is 57.3 Å². The number of nitrogens with one attached hydrogen (secondary N) is 1. The monoisotopic (exact) mass is 423 g/mol. The van der Waals surface area contributed by atoms with Gasteiger partial charge in [0.1, 0.15) is 8.24 Å². The Morgan fingerprint density at radius 1 is 1.07 bits per heavy atom. The summed E-state index contributed by atoms with van der Waals surface area (Å²) in [5.74, 6) is 2.94. The molecule has 30 heavy (non-hydrogen) atoms. The van der Waals surface area contributed by atoms with E-state index in [4.69, 9.17) is 0 Å². The number of allylic oxidation sites excluding steroid dienone is 4. The molecule has 0 spiro atoms. The lowest BCUT2D eigenvalue weighted by molar-refractivity contribution is 0.320. The van der Waals surface area contributed by atoms with E-state index in [1.807, 2.05) is 0 Å². The molecule has 4 rings (SSSR count). The van der Waals surface area contributed by atoms with E-state index in [1.165, 1.54) is 30.8 Å². The number of hydrogen-bond donors (Lipinski definition) is 1. The lowest BCUT2D eigenvalue weighted by atomic mass is 9.81. The molecule has 1 aliphatic heterocycles. The van der Waals surface area contributed by atoms with Crippen molar-refractivity contribution in [2.75, 3.05) is 45.2 Å². The second kappa shape index (κ2) is 8.64. The Bertz CT molecular complexity index is 787. The first-order valence-corrected chi connectivity index (χ1v) is 14.9. The molecule has 1 saturated carbocycles. The van der Waals surface area contributed by atoms with Crippen molar-refractivity contribution in [3.8, 4) is 0 Å². The molecule has 4 heteroatoms. The minimum atomic E-state index is -1.55. The van der Waals surface area contributed by atoms with E-state index in [0.717, 1.165) is 30.5 Å². The summed E-state index contributed by atoms with van der Waals surface area (Å²) in [6.45, 7) is 15.0. The number of rotatable bonds is 5. The Morgan fingerprint density at radius 3 is 2.33 bits per heavy atom. The Morgan fingerprint density at radius 2 is 1.73 bits per heavy atom. The van der Waals surface area contributed by atoms with Crippen molar-refractivity contribution in [1.29, 1.82) is 0 Å². The summed E-state index contributed by atoms with van der Waals surface area (Å²) in [4.78, 5) is 2.18. The van der Waals surface area contributed by atoms with Gasteiger partial charge in [0.05, 0.1) is 0 Å². The molecule has 4 atom stereocenters. The largest absolute Gasteiger partial charge is 0.378 e. The van der Waals surface area contributed by atoms with Crippen LogP contribution < -0.4 is 10.2 Å². The third kappa shape index (κ3) is 3.94. The van der Waals surface area contributed by atoms with E-state index >= 15 is 0 Å². The number of piperazine rings is 1. The Kier molecular flexibility index (Phi) is 6.29. The maximum atomic E-state index is 3.56. The summed E-state index contributed by atoms with van der Waals surface area (Å²) in [7, 11) is 2.68. The van der Waals surface area contributed by atoms with Crippen LogP contribution in [0.1, 0.15) is 25.8 Å². The fraction of sp³-hybridized carbons (Fsp3) is 0.615. The summed E-state index contributed by atoms with van der Waals surface area (Å²) >= 11 is 0. The van der Waals surface area contributed by atoms with Gasteiger partial charge in [-0.15, -0.1) is 0 Å². The lowest BCUT2D eigenvalue weighted by Crippen LogP contribution is -2.60. The lowest BCUT2D eigenvalue weighted by Gasteiger charge is -2.48. The average molecular weight is 424 g/mol. The van der Waals surface area contributed by atoms with Gasteiger partial charge in [0.2, 0.25) is 0 Å². The van der Waals surface area contributed by atoms with Crippen molar-refractivity contribution in [3.05, 3.63) is 48.1 Å². The number of benzene rings is 1. The van der Waals surface area contributed by atoms with Crippen molar-refractivity contribution in [2.24, 2.45) is 23.7 Å². The maximum Gasteiger partial charge on any atom is 0.126 e. The molecule has 0 bridgehead atoms. The molecule has 0 radical (unpaired) electrons. The van der Waals surface area contributed by atoms with Crippen LogP contribution in [0, 0.1) is 23.7 Å². The summed E-state index contributed by atoms with van der Waals surface area (Å²) in [6.07, 6.45) is 8.70. The number of fused-ring (bicyclic) bond motifs is 1. The third-order valence-electron chi connectivity index (χ3n) is 8.20. The maximum absolute atomic E-state index is 3.56. The van der Waals surface area contributed by atoms with Crippen LogP contribution in [-0.2, 0) is 0 Å². The van der Waals surface area contributed by atoms with Crippen LogP contribution in [0.2, 0.25) is 18.6 Å². The van der Waals surface area contributed by atoms with Gasteiger partial charge in [-0.2, -0.15) is 0 Å². The second-order valence-electron chi connectivity index (χ2n) is 10.7. The molecule has 1 heterocycles. The fourth-order valence-electron chi connectivity index (χ4n) is 6.53. The molecule has 4 unspecified atom stereocenters. The van der Waals surface area contributed by atoms with Crippen LogP contribution in [0.3, 0.4) is 0 Å². The molecule has 164 valence electrons. The molecule has 2 aliphatic carbocycles. The van der Waals surface area contributed by atoms with Gasteiger partial charge in [-0.05, 0) is 58.9 Å². The van der Waals surface area contributed by atoms with E-state index in [2.05, 4.69) is 98.3 Å². The highest BCUT2D eigenvalue weighted by atomic mass is 28.3. The highest BCUT2D eigenvalue weighted by Crippen LogP contribution is 2.59. The van der Waals surface area contributed by atoms with Crippen molar-refractivity contribution in [3.63, 3.8) is 0 Å². The Balaban J connectivity index is 1.65. The van der Waals surface area contributed by atoms with E-state index in [9.17, 15) is 0 Å². The van der Waals surface area contributed by atoms with Crippen molar-refractivity contribution >= 4 is 19.5 Å². The third-order valence-corrected chi connectivity index (χ3v) is 12.7. The van der Waals surface area contributed by atoms with E-state index < -0.39 is 8.24 Å². The molecule has 0 aromatic heterocycles. The summed E-state index contributed by atoms with van der Waals surface area (Å²) in [5.41, 5.74) is 5.11. The molecule has 0 amide bonds. The molecule has 3 nitrogen and oxygen atoms in total. The van der Waals surface area contributed by atoms with Crippen molar-refractivity contribution in [1.82, 2.24) is 9.88 Å². The second-order valence-corrected chi connectivity index (χ2v) is 15.3. The average Bonchev–Trinajstić information content (AvgIpc) is 3.15.